The summed E-state index contributed by atoms with van der Waals surface area (Å²) in [5.41, 5.74) is 2.41. The molecule has 0 bridgehead atoms. The number of hydrogen-bond acceptors (Lipinski definition) is 3. The second-order valence-electron chi connectivity index (χ2n) is 4.78. The number of para-hydroxylation sites is 1. The summed E-state index contributed by atoms with van der Waals surface area (Å²) in [5.74, 6) is 0. The fourth-order valence-corrected chi connectivity index (χ4v) is 2.02. The Bertz CT molecular complexity index is 613. The van der Waals surface area contributed by atoms with Gasteiger partial charge in [-0.2, -0.15) is 0 Å². The van der Waals surface area contributed by atoms with E-state index in [1.807, 2.05) is 44.2 Å². The molecule has 106 valence electrons. The number of carbonyl (C=O) groups excluding carboxylic acids is 1. The lowest BCUT2D eigenvalue weighted by atomic mass is 10.2. The molecular weight excluding hydrogens is 254 g/mol. The molecular formula is C15H19N3O2. The summed E-state index contributed by atoms with van der Waals surface area (Å²) in [7, 11) is 1.60. The first-order valence-corrected chi connectivity index (χ1v) is 6.53. The molecule has 0 fully saturated rings. The number of ether oxygens (including phenoxy) is 1. The Morgan fingerprint density at radius 2 is 2.15 bits per heavy atom. The molecule has 0 aliphatic rings. The molecule has 1 heterocycles. The normalized spacial score (nSPS) is 12.2. The van der Waals surface area contributed by atoms with E-state index in [1.165, 1.54) is 0 Å². The molecule has 0 unspecified atom stereocenters. The van der Waals surface area contributed by atoms with Crippen LogP contribution in [0, 0.1) is 6.92 Å². The first-order valence-electron chi connectivity index (χ1n) is 6.53. The lowest BCUT2D eigenvalue weighted by molar-refractivity contribution is 0.173. The van der Waals surface area contributed by atoms with Crippen LogP contribution in [0.15, 0.2) is 30.3 Å². The number of urea groups is 1. The molecule has 2 aromatic rings. The number of carbonyl (C=O) groups is 1. The first-order chi connectivity index (χ1) is 9.60. The molecule has 5 nitrogen and oxygen atoms in total. The first kappa shape index (κ1) is 14.3. The zero-order valence-electron chi connectivity index (χ0n) is 11.9. The summed E-state index contributed by atoms with van der Waals surface area (Å²) in [4.78, 5) is 16.4. The third-order valence-corrected chi connectivity index (χ3v) is 2.90. The number of methoxy groups -OCH3 is 1. The van der Waals surface area contributed by atoms with Gasteiger partial charge >= 0.3 is 6.03 Å². The number of fused-ring (bicyclic) bond motifs is 1. The largest absolute Gasteiger partial charge is 0.383 e. The van der Waals surface area contributed by atoms with Crippen molar-refractivity contribution in [1.29, 1.82) is 0 Å². The molecule has 2 N–H and O–H groups in total. The minimum absolute atomic E-state index is 0.0512. The van der Waals surface area contributed by atoms with Gasteiger partial charge in [-0.1, -0.05) is 18.2 Å². The van der Waals surface area contributed by atoms with Gasteiger partial charge in [-0.3, -0.25) is 4.98 Å². The number of benzene rings is 1. The lowest BCUT2D eigenvalue weighted by Crippen LogP contribution is -2.38. The highest BCUT2D eigenvalue weighted by Gasteiger charge is 2.09. The highest BCUT2D eigenvalue weighted by atomic mass is 16.5. The maximum Gasteiger partial charge on any atom is 0.319 e. The van der Waals surface area contributed by atoms with Crippen LogP contribution in [0.4, 0.5) is 10.5 Å². The molecule has 0 aliphatic carbocycles. The quantitative estimate of drug-likeness (QED) is 0.900. The minimum atomic E-state index is -0.259. The van der Waals surface area contributed by atoms with E-state index in [0.29, 0.717) is 12.3 Å². The van der Waals surface area contributed by atoms with E-state index >= 15 is 0 Å². The number of nitrogens with zero attached hydrogens (tertiary/aromatic N) is 1. The van der Waals surface area contributed by atoms with Crippen LogP contribution in [-0.2, 0) is 4.74 Å². The van der Waals surface area contributed by atoms with Gasteiger partial charge < -0.3 is 15.4 Å². The average molecular weight is 273 g/mol. The predicted octanol–water partition coefficient (Wildman–Crippen LogP) is 2.70. The van der Waals surface area contributed by atoms with Crippen LogP contribution >= 0.6 is 0 Å². The number of anilines is 1. The highest BCUT2D eigenvalue weighted by molar-refractivity contribution is 5.99. The van der Waals surface area contributed by atoms with E-state index < -0.39 is 0 Å². The number of rotatable bonds is 4. The van der Waals surface area contributed by atoms with Crippen molar-refractivity contribution in [3.63, 3.8) is 0 Å². The van der Waals surface area contributed by atoms with E-state index in [1.54, 1.807) is 7.11 Å². The molecule has 0 aliphatic heterocycles. The summed E-state index contributed by atoms with van der Waals surface area (Å²) in [6.07, 6.45) is 0. The van der Waals surface area contributed by atoms with Crippen molar-refractivity contribution < 1.29 is 9.53 Å². The molecule has 2 rings (SSSR count). The summed E-state index contributed by atoms with van der Waals surface area (Å²) in [6.45, 7) is 4.28. The van der Waals surface area contributed by atoms with Crippen LogP contribution < -0.4 is 10.6 Å². The molecule has 0 saturated heterocycles. The van der Waals surface area contributed by atoms with Crippen molar-refractivity contribution in [3.8, 4) is 0 Å². The topological polar surface area (TPSA) is 63.2 Å². The summed E-state index contributed by atoms with van der Waals surface area (Å²) in [6, 6.07) is 9.35. The van der Waals surface area contributed by atoms with Crippen LogP contribution in [0.1, 0.15) is 12.6 Å². The summed E-state index contributed by atoms with van der Waals surface area (Å²) < 4.78 is 4.99. The van der Waals surface area contributed by atoms with Gasteiger partial charge in [0.1, 0.15) is 0 Å². The fourth-order valence-electron chi connectivity index (χ4n) is 2.02. The molecule has 20 heavy (non-hydrogen) atoms. The average Bonchev–Trinajstić information content (AvgIpc) is 2.39. The molecule has 0 radical (unpaired) electrons. The van der Waals surface area contributed by atoms with Gasteiger partial charge in [0.05, 0.1) is 23.9 Å². The Kier molecular flexibility index (Phi) is 4.53. The predicted molar refractivity (Wildman–Crippen MR) is 80.0 cm³/mol. The van der Waals surface area contributed by atoms with E-state index in [9.17, 15) is 4.79 Å². The number of aromatic nitrogens is 1. The molecule has 1 aromatic carbocycles. The van der Waals surface area contributed by atoms with Crippen LogP contribution in [0.5, 0.6) is 0 Å². The van der Waals surface area contributed by atoms with Crippen LogP contribution in [0.2, 0.25) is 0 Å². The van der Waals surface area contributed by atoms with Crippen molar-refractivity contribution in [2.45, 2.75) is 19.9 Å². The fraction of sp³-hybridized carbons (Fsp3) is 0.333. The van der Waals surface area contributed by atoms with Crippen LogP contribution in [0.25, 0.3) is 10.9 Å². The molecule has 2 amide bonds. The molecule has 0 saturated carbocycles. The van der Waals surface area contributed by atoms with Gasteiger partial charge in [0.15, 0.2) is 0 Å². The van der Waals surface area contributed by atoms with Gasteiger partial charge in [0, 0.05) is 18.2 Å². The van der Waals surface area contributed by atoms with Crippen molar-refractivity contribution >= 4 is 22.6 Å². The summed E-state index contributed by atoms with van der Waals surface area (Å²) >= 11 is 0. The van der Waals surface area contributed by atoms with Gasteiger partial charge in [-0.05, 0) is 26.0 Å². The maximum atomic E-state index is 11.9. The van der Waals surface area contributed by atoms with Crippen molar-refractivity contribution in [3.05, 3.63) is 36.0 Å². The van der Waals surface area contributed by atoms with E-state index in [-0.39, 0.29) is 12.1 Å². The van der Waals surface area contributed by atoms with Gasteiger partial charge in [0.25, 0.3) is 0 Å². The highest BCUT2D eigenvalue weighted by Crippen LogP contribution is 2.21. The molecule has 5 heteroatoms. The number of amides is 2. The Balaban J connectivity index is 2.17. The second kappa shape index (κ2) is 6.34. The molecule has 1 atom stereocenters. The Hall–Kier alpha value is -2.14. The summed E-state index contributed by atoms with van der Waals surface area (Å²) in [5, 5.41) is 6.64. The van der Waals surface area contributed by atoms with E-state index in [0.717, 1.165) is 16.6 Å². The van der Waals surface area contributed by atoms with Gasteiger partial charge in [0.2, 0.25) is 0 Å². The van der Waals surface area contributed by atoms with Gasteiger partial charge in [-0.15, -0.1) is 0 Å². The van der Waals surface area contributed by atoms with Crippen LogP contribution in [0.3, 0.4) is 0 Å². The maximum absolute atomic E-state index is 11.9. The third-order valence-electron chi connectivity index (χ3n) is 2.90. The number of nitrogens with one attached hydrogen (secondary N) is 2. The zero-order valence-corrected chi connectivity index (χ0v) is 11.9. The number of aryl methyl sites for hydroxylation is 1. The molecule has 0 spiro atoms. The standard InChI is InChI=1S/C15H19N3O2/c1-10-7-8-12-5-4-6-13(14(12)16-10)18-15(19)17-11(2)9-20-3/h4-8,11H,9H2,1-3H3,(H2,17,18,19)/t11-/m1/s1. The van der Waals surface area contributed by atoms with Gasteiger partial charge in [-0.25, -0.2) is 4.79 Å². The van der Waals surface area contributed by atoms with Crippen molar-refractivity contribution in [2.75, 3.05) is 19.0 Å². The minimum Gasteiger partial charge on any atom is -0.383 e. The van der Waals surface area contributed by atoms with E-state index in [4.69, 9.17) is 4.74 Å². The molecule has 1 aromatic heterocycles. The Morgan fingerprint density at radius 3 is 2.90 bits per heavy atom. The number of pyridine rings is 1. The smallest absolute Gasteiger partial charge is 0.319 e. The number of hydrogen-bond donors (Lipinski definition) is 2. The van der Waals surface area contributed by atoms with Crippen LogP contribution in [-0.4, -0.2) is 30.8 Å². The van der Waals surface area contributed by atoms with Crippen molar-refractivity contribution in [1.82, 2.24) is 10.3 Å². The SMILES string of the molecule is COC[C@@H](C)NC(=O)Nc1cccc2ccc(C)nc12. The monoisotopic (exact) mass is 273 g/mol. The third kappa shape index (κ3) is 3.45. The zero-order chi connectivity index (χ0) is 14.5. The lowest BCUT2D eigenvalue weighted by Gasteiger charge is -2.14. The second-order valence-corrected chi connectivity index (χ2v) is 4.78. The van der Waals surface area contributed by atoms with E-state index in [2.05, 4.69) is 15.6 Å². The Labute approximate surface area is 118 Å². The Morgan fingerprint density at radius 1 is 1.35 bits per heavy atom. The van der Waals surface area contributed by atoms with Crippen molar-refractivity contribution in [2.24, 2.45) is 0 Å².